The van der Waals surface area contributed by atoms with E-state index >= 15 is 0 Å². The van der Waals surface area contributed by atoms with E-state index in [1.54, 1.807) is 14.2 Å². The van der Waals surface area contributed by atoms with Crippen molar-refractivity contribution in [1.29, 1.82) is 0 Å². The first-order chi connectivity index (χ1) is 14.9. The first kappa shape index (κ1) is 21.5. The number of ether oxygens (including phenoxy) is 2. The van der Waals surface area contributed by atoms with Crippen LogP contribution in [0.25, 0.3) is 0 Å². The summed E-state index contributed by atoms with van der Waals surface area (Å²) in [5.74, 6) is 1.54. The Morgan fingerprint density at radius 3 is 2.32 bits per heavy atom. The van der Waals surface area contributed by atoms with E-state index in [1.165, 1.54) is 22.4 Å². The fourth-order valence-electron chi connectivity index (χ4n) is 4.56. The number of benzene rings is 2. The molecule has 1 unspecified atom stereocenters. The molecule has 0 radical (unpaired) electrons. The summed E-state index contributed by atoms with van der Waals surface area (Å²) in [4.78, 5) is 2.59. The largest absolute Gasteiger partial charge is 0.493 e. The van der Waals surface area contributed by atoms with Crippen LogP contribution in [0.15, 0.2) is 60.8 Å². The van der Waals surface area contributed by atoms with Gasteiger partial charge in [-0.05, 0) is 52.8 Å². The maximum atomic E-state index is 5.62. The van der Waals surface area contributed by atoms with Crippen LogP contribution in [-0.4, -0.2) is 30.2 Å². The molecule has 31 heavy (non-hydrogen) atoms. The maximum Gasteiger partial charge on any atom is 0.161 e. The van der Waals surface area contributed by atoms with Crippen molar-refractivity contribution in [2.75, 3.05) is 20.8 Å². The minimum Gasteiger partial charge on any atom is -0.493 e. The molecule has 0 fully saturated rings. The number of hydrogen-bond acceptors (Lipinski definition) is 3. The highest BCUT2D eigenvalue weighted by Gasteiger charge is 2.28. The van der Waals surface area contributed by atoms with E-state index in [0.717, 1.165) is 37.6 Å². The van der Waals surface area contributed by atoms with E-state index in [0.29, 0.717) is 0 Å². The van der Waals surface area contributed by atoms with E-state index in [4.69, 9.17) is 9.47 Å². The summed E-state index contributed by atoms with van der Waals surface area (Å²) in [6.07, 6.45) is 3.33. The Kier molecular flexibility index (Phi) is 6.10. The molecule has 2 heterocycles. The fourth-order valence-corrected chi connectivity index (χ4v) is 4.56. The Morgan fingerprint density at radius 1 is 0.903 bits per heavy atom. The van der Waals surface area contributed by atoms with Crippen LogP contribution in [-0.2, 0) is 18.5 Å². The van der Waals surface area contributed by atoms with Gasteiger partial charge >= 0.3 is 0 Å². The van der Waals surface area contributed by atoms with Crippen LogP contribution in [0.4, 0.5) is 0 Å². The van der Waals surface area contributed by atoms with Crippen LogP contribution in [0.1, 0.15) is 55.6 Å². The van der Waals surface area contributed by atoms with Gasteiger partial charge in [-0.2, -0.15) is 0 Å². The zero-order valence-corrected chi connectivity index (χ0v) is 19.4. The van der Waals surface area contributed by atoms with Gasteiger partial charge in [0.05, 0.1) is 20.3 Å². The molecular formula is C27H34N2O2. The van der Waals surface area contributed by atoms with Crippen molar-refractivity contribution in [1.82, 2.24) is 9.47 Å². The zero-order chi connectivity index (χ0) is 22.0. The van der Waals surface area contributed by atoms with Crippen molar-refractivity contribution < 1.29 is 9.47 Å². The first-order valence-corrected chi connectivity index (χ1v) is 11.1. The van der Waals surface area contributed by atoms with Gasteiger partial charge < -0.3 is 14.0 Å². The number of nitrogens with zero attached hydrogens (tertiary/aromatic N) is 2. The average molecular weight is 419 g/mol. The highest BCUT2D eigenvalue weighted by Crippen LogP contribution is 2.37. The molecule has 1 aliphatic rings. The topological polar surface area (TPSA) is 26.6 Å². The molecule has 0 aliphatic carbocycles. The van der Waals surface area contributed by atoms with E-state index in [2.05, 4.69) is 85.0 Å². The molecule has 164 valence electrons. The van der Waals surface area contributed by atoms with Crippen LogP contribution in [0.2, 0.25) is 0 Å². The standard InChI is InChI=1S/C27H34N2O2/c1-27(2,3)22-12-9-20(10-13-22)19-29-17-7-16-28-15-6-8-23(28)26(29)21-11-14-24(30-4)25(18-21)31-5/h6,8-15,18,26H,7,16-17,19H2,1-5H3. The van der Waals surface area contributed by atoms with Gasteiger partial charge in [-0.1, -0.05) is 51.1 Å². The molecule has 0 amide bonds. The summed E-state index contributed by atoms with van der Waals surface area (Å²) in [7, 11) is 3.38. The van der Waals surface area contributed by atoms with Crippen LogP contribution in [0.3, 0.4) is 0 Å². The molecule has 4 nitrogen and oxygen atoms in total. The summed E-state index contributed by atoms with van der Waals surface area (Å²) in [6.45, 7) is 9.79. The molecule has 4 rings (SSSR count). The number of methoxy groups -OCH3 is 2. The highest BCUT2D eigenvalue weighted by molar-refractivity contribution is 5.45. The van der Waals surface area contributed by atoms with Crippen LogP contribution in [0.5, 0.6) is 11.5 Å². The van der Waals surface area contributed by atoms with E-state index in [-0.39, 0.29) is 11.5 Å². The molecule has 2 aromatic carbocycles. The second-order valence-corrected chi connectivity index (χ2v) is 9.41. The lowest BCUT2D eigenvalue weighted by Gasteiger charge is -2.31. The lowest BCUT2D eigenvalue weighted by atomic mass is 9.86. The number of aryl methyl sites for hydroxylation is 1. The molecule has 0 saturated heterocycles. The van der Waals surface area contributed by atoms with Crippen LogP contribution in [0, 0.1) is 0 Å². The third kappa shape index (κ3) is 4.49. The second-order valence-electron chi connectivity index (χ2n) is 9.41. The van der Waals surface area contributed by atoms with E-state index < -0.39 is 0 Å². The third-order valence-corrected chi connectivity index (χ3v) is 6.28. The Morgan fingerprint density at radius 2 is 1.65 bits per heavy atom. The van der Waals surface area contributed by atoms with Gasteiger partial charge in [-0.25, -0.2) is 0 Å². The SMILES string of the molecule is COc1ccc(C2c3cccn3CCCN2Cc2ccc(C(C)(C)C)cc2)cc1OC. The summed E-state index contributed by atoms with van der Waals surface area (Å²) >= 11 is 0. The molecule has 1 aliphatic heterocycles. The zero-order valence-electron chi connectivity index (χ0n) is 19.4. The van der Waals surface area contributed by atoms with Crippen molar-refractivity contribution >= 4 is 0 Å². The summed E-state index contributed by atoms with van der Waals surface area (Å²) in [6, 6.07) is 20.0. The monoisotopic (exact) mass is 418 g/mol. The van der Waals surface area contributed by atoms with E-state index in [1.807, 2.05) is 6.07 Å². The number of rotatable bonds is 5. The van der Waals surface area contributed by atoms with Gasteiger partial charge in [-0.15, -0.1) is 0 Å². The Hall–Kier alpha value is -2.72. The second kappa shape index (κ2) is 8.80. The fraction of sp³-hybridized carbons (Fsp3) is 0.407. The van der Waals surface area contributed by atoms with Gasteiger partial charge in [0.15, 0.2) is 11.5 Å². The lowest BCUT2D eigenvalue weighted by Crippen LogP contribution is -2.29. The van der Waals surface area contributed by atoms with Crippen LogP contribution >= 0.6 is 0 Å². The predicted molar refractivity (Wildman–Crippen MR) is 126 cm³/mol. The van der Waals surface area contributed by atoms with Gasteiger partial charge in [0.25, 0.3) is 0 Å². The van der Waals surface area contributed by atoms with Crippen molar-refractivity contribution in [3.8, 4) is 11.5 Å². The molecule has 3 aromatic rings. The van der Waals surface area contributed by atoms with E-state index in [9.17, 15) is 0 Å². The molecule has 4 heteroatoms. The number of aromatic nitrogens is 1. The molecule has 1 atom stereocenters. The minimum absolute atomic E-state index is 0.166. The van der Waals surface area contributed by atoms with Crippen molar-refractivity contribution in [2.45, 2.75) is 51.7 Å². The van der Waals surface area contributed by atoms with Gasteiger partial charge in [-0.3, -0.25) is 4.90 Å². The number of hydrogen-bond donors (Lipinski definition) is 0. The van der Waals surface area contributed by atoms with Gasteiger partial charge in [0, 0.05) is 31.5 Å². The molecule has 0 saturated carbocycles. The first-order valence-electron chi connectivity index (χ1n) is 11.1. The molecule has 0 spiro atoms. The lowest BCUT2D eigenvalue weighted by molar-refractivity contribution is 0.220. The smallest absolute Gasteiger partial charge is 0.161 e. The maximum absolute atomic E-state index is 5.62. The van der Waals surface area contributed by atoms with Crippen molar-refractivity contribution in [3.63, 3.8) is 0 Å². The van der Waals surface area contributed by atoms with Crippen molar-refractivity contribution in [3.05, 3.63) is 83.2 Å². The summed E-state index contributed by atoms with van der Waals surface area (Å²) in [5, 5.41) is 0. The minimum atomic E-state index is 0.166. The quantitative estimate of drug-likeness (QED) is 0.524. The predicted octanol–water partition coefficient (Wildman–Crippen LogP) is 5.80. The Balaban J connectivity index is 1.70. The van der Waals surface area contributed by atoms with Gasteiger partial charge in [0.2, 0.25) is 0 Å². The average Bonchev–Trinajstić information content (AvgIpc) is 3.14. The Bertz CT molecular complexity index is 1010. The van der Waals surface area contributed by atoms with Crippen molar-refractivity contribution in [2.24, 2.45) is 0 Å². The highest BCUT2D eigenvalue weighted by atomic mass is 16.5. The molecular weight excluding hydrogens is 384 g/mol. The summed E-state index contributed by atoms with van der Waals surface area (Å²) in [5.41, 5.74) is 5.45. The third-order valence-electron chi connectivity index (χ3n) is 6.28. The number of fused-ring (bicyclic) bond motifs is 1. The molecule has 0 bridgehead atoms. The van der Waals surface area contributed by atoms with Crippen LogP contribution < -0.4 is 9.47 Å². The molecule has 1 aromatic heterocycles. The van der Waals surface area contributed by atoms with Gasteiger partial charge in [0.1, 0.15) is 0 Å². The summed E-state index contributed by atoms with van der Waals surface area (Å²) < 4.78 is 13.5. The Labute approximate surface area is 186 Å². The normalized spacial score (nSPS) is 17.1. The molecule has 0 N–H and O–H groups in total.